The lowest BCUT2D eigenvalue weighted by Gasteiger charge is -2.37. The zero-order chi connectivity index (χ0) is 46.2. The Bertz CT molecular complexity index is 1000. The molecular weight excluding hydrogens is 767 g/mol. The van der Waals surface area contributed by atoms with Gasteiger partial charge in [-0.3, -0.25) is 0 Å². The molecule has 0 rings (SSSR count). The van der Waals surface area contributed by atoms with Crippen LogP contribution >= 0.6 is 14.3 Å². The fraction of sp³-hybridized carbons (Fsp3) is 1.00. The van der Waals surface area contributed by atoms with Gasteiger partial charge in [0.1, 0.15) is 0 Å². The highest BCUT2D eigenvalue weighted by molar-refractivity contribution is 7.64. The van der Waals surface area contributed by atoms with Crippen LogP contribution in [0, 0.1) is 33.5 Å². The third-order valence-electron chi connectivity index (χ3n) is 12.8. The molecule has 0 N–H and O–H groups in total. The van der Waals surface area contributed by atoms with Crippen LogP contribution in [0.25, 0.3) is 0 Å². The van der Waals surface area contributed by atoms with Crippen LogP contribution in [0.2, 0.25) is 0 Å². The first kappa shape index (κ1) is 62.5. The molecule has 0 aliphatic carbocycles. The van der Waals surface area contributed by atoms with Crippen molar-refractivity contribution >= 4 is 14.3 Å². The van der Waals surface area contributed by atoms with Gasteiger partial charge in [-0.15, -0.1) is 0 Å². The molecule has 0 saturated carbocycles. The van der Waals surface area contributed by atoms with Crippen LogP contribution in [0.5, 0.6) is 0 Å². The first-order valence-corrected chi connectivity index (χ1v) is 31.5. The minimum Gasteiger partial charge on any atom is -0.324 e. The minimum atomic E-state index is -2.18. The van der Waals surface area contributed by atoms with Gasteiger partial charge in [0.15, 0.2) is 0 Å². The van der Waals surface area contributed by atoms with Crippen LogP contribution in [0.4, 0.5) is 0 Å². The Balaban J connectivity index is 0. The molecule has 2 nitrogen and oxygen atoms in total. The molecule has 0 fully saturated rings. The van der Waals surface area contributed by atoms with E-state index in [1.54, 1.807) is 0 Å². The smallest absolute Gasteiger partial charge is 0.0882 e. The van der Waals surface area contributed by atoms with Crippen molar-refractivity contribution in [3.63, 3.8) is 0 Å². The molecule has 0 saturated heterocycles. The summed E-state index contributed by atoms with van der Waals surface area (Å²) in [5, 5.41) is 0. The van der Waals surface area contributed by atoms with Gasteiger partial charge in [0.05, 0.1) is 14.3 Å². The second kappa shape index (κ2) is 34.8. The maximum absolute atomic E-state index is 14.6. The van der Waals surface area contributed by atoms with E-state index in [0.717, 1.165) is 37.0 Å². The lowest BCUT2D eigenvalue weighted by Crippen LogP contribution is -2.26. The van der Waals surface area contributed by atoms with Crippen LogP contribution in [-0.2, 0) is 9.13 Å². The fourth-order valence-electron chi connectivity index (χ4n) is 11.5. The standard InChI is InChI=1S/C36H75OP.C20H43OP/c1-14-15-16-17-18-19-20-21-22-23-24-38(37,27-31(2)25-35(10,11)29-33(4,5)6)28-32(3)26-36(12,13)30-34(7,8)9;1-4-7-10-13-14-17-20-22(21,18-15-11-8-5-2)19-16-12-9-6-3/h31-32H,14-30H2,1-13H3;4-20H2,1-3H3. The lowest BCUT2D eigenvalue weighted by atomic mass is 9.72. The normalized spacial score (nSPS) is 15.1. The van der Waals surface area contributed by atoms with Gasteiger partial charge >= 0.3 is 0 Å². The number of rotatable bonds is 38. The van der Waals surface area contributed by atoms with Crippen LogP contribution in [-0.4, -0.2) is 37.0 Å². The topological polar surface area (TPSA) is 34.1 Å². The van der Waals surface area contributed by atoms with Crippen molar-refractivity contribution in [2.45, 2.75) is 291 Å². The number of unbranched alkanes of at least 4 members (excludes halogenated alkanes) is 20. The van der Waals surface area contributed by atoms with Gasteiger partial charge in [-0.05, 0) is 84.9 Å². The molecule has 0 aromatic carbocycles. The van der Waals surface area contributed by atoms with Crippen molar-refractivity contribution in [3.8, 4) is 0 Å². The fourth-order valence-corrected chi connectivity index (χ4v) is 18.4. The van der Waals surface area contributed by atoms with Crippen molar-refractivity contribution in [2.75, 3.05) is 37.0 Å². The van der Waals surface area contributed by atoms with Crippen LogP contribution in [0.1, 0.15) is 291 Å². The second-order valence-electron chi connectivity index (χ2n) is 24.9. The largest absolute Gasteiger partial charge is 0.324 e. The first-order chi connectivity index (χ1) is 27.9. The zero-order valence-corrected chi connectivity index (χ0v) is 46.7. The van der Waals surface area contributed by atoms with Gasteiger partial charge in [-0.2, -0.15) is 0 Å². The molecule has 0 aliphatic heterocycles. The Morgan fingerprint density at radius 2 is 0.550 bits per heavy atom. The van der Waals surface area contributed by atoms with Gasteiger partial charge in [-0.1, -0.05) is 239 Å². The molecule has 0 heterocycles. The molecule has 0 radical (unpaired) electrons. The summed E-state index contributed by atoms with van der Waals surface area (Å²) in [5.74, 6) is 1.08. The monoisotopic (exact) mass is 885 g/mol. The Morgan fingerprint density at radius 3 is 0.800 bits per heavy atom. The molecule has 0 aliphatic rings. The first-order valence-electron chi connectivity index (χ1n) is 27.0. The third kappa shape index (κ3) is 41.2. The average Bonchev–Trinajstić information content (AvgIpc) is 3.08. The molecule has 0 aromatic rings. The van der Waals surface area contributed by atoms with Crippen molar-refractivity contribution < 1.29 is 9.13 Å². The van der Waals surface area contributed by atoms with Gasteiger partial charge in [0.25, 0.3) is 0 Å². The summed E-state index contributed by atoms with van der Waals surface area (Å²) < 4.78 is 27.8. The maximum Gasteiger partial charge on any atom is 0.0882 e. The zero-order valence-electron chi connectivity index (χ0n) is 44.9. The number of hydrogen-bond donors (Lipinski definition) is 0. The van der Waals surface area contributed by atoms with E-state index in [2.05, 4.69) is 111 Å². The van der Waals surface area contributed by atoms with Gasteiger partial charge < -0.3 is 9.13 Å². The number of hydrogen-bond acceptors (Lipinski definition) is 2. The summed E-state index contributed by atoms with van der Waals surface area (Å²) in [6.07, 6.45) is 42.4. The highest BCUT2D eigenvalue weighted by Crippen LogP contribution is 2.53. The highest BCUT2D eigenvalue weighted by atomic mass is 31.2. The molecule has 0 amide bonds. The molecule has 2 unspecified atom stereocenters. The van der Waals surface area contributed by atoms with E-state index < -0.39 is 14.3 Å². The Hall–Kier alpha value is 0.460. The van der Waals surface area contributed by atoms with E-state index in [-0.39, 0.29) is 0 Å². The van der Waals surface area contributed by atoms with Crippen molar-refractivity contribution in [3.05, 3.63) is 0 Å². The summed E-state index contributed by atoms with van der Waals surface area (Å²) in [6.45, 7) is 37.7. The lowest BCUT2D eigenvalue weighted by molar-refractivity contribution is 0.178. The summed E-state index contributed by atoms with van der Waals surface area (Å²) >= 11 is 0. The van der Waals surface area contributed by atoms with Crippen LogP contribution in [0.3, 0.4) is 0 Å². The van der Waals surface area contributed by atoms with E-state index in [4.69, 9.17) is 0 Å². The third-order valence-corrected chi connectivity index (χ3v) is 19.9. The average molecular weight is 886 g/mol. The van der Waals surface area contributed by atoms with E-state index in [9.17, 15) is 9.13 Å². The maximum atomic E-state index is 14.6. The summed E-state index contributed by atoms with van der Waals surface area (Å²) in [6, 6.07) is 0. The van der Waals surface area contributed by atoms with Gasteiger partial charge in [0.2, 0.25) is 0 Å². The van der Waals surface area contributed by atoms with Gasteiger partial charge in [0, 0.05) is 37.0 Å². The molecule has 4 heteroatoms. The molecule has 60 heavy (non-hydrogen) atoms. The molecule has 2 atom stereocenters. The molecule has 0 aromatic heterocycles. The predicted molar refractivity (Wildman–Crippen MR) is 281 cm³/mol. The predicted octanol–water partition coefficient (Wildman–Crippen LogP) is 21.1. The van der Waals surface area contributed by atoms with Crippen molar-refractivity contribution in [1.82, 2.24) is 0 Å². The van der Waals surface area contributed by atoms with E-state index >= 15 is 0 Å². The quantitative estimate of drug-likeness (QED) is 0.0457. The summed E-state index contributed by atoms with van der Waals surface area (Å²) in [5.41, 5.74) is 1.30. The molecule has 0 spiro atoms. The molecular formula is C56H118O2P2. The van der Waals surface area contributed by atoms with E-state index in [1.807, 2.05) is 0 Å². The molecule has 364 valence electrons. The van der Waals surface area contributed by atoms with E-state index in [0.29, 0.717) is 33.5 Å². The van der Waals surface area contributed by atoms with Crippen molar-refractivity contribution in [2.24, 2.45) is 33.5 Å². The SMILES string of the molecule is CCCCCCCCCCCCP(=O)(CC(C)CC(C)(C)CC(C)(C)C)CC(C)CC(C)(C)CC(C)(C)C.CCCCCCCCP(=O)(CCCCCC)CCCCCC. The van der Waals surface area contributed by atoms with Crippen molar-refractivity contribution in [1.29, 1.82) is 0 Å². The highest BCUT2D eigenvalue weighted by Gasteiger charge is 2.34. The van der Waals surface area contributed by atoms with Crippen LogP contribution < -0.4 is 0 Å². The van der Waals surface area contributed by atoms with Crippen LogP contribution in [0.15, 0.2) is 0 Å². The summed E-state index contributed by atoms with van der Waals surface area (Å²) in [7, 11) is -4.04. The second-order valence-corrected chi connectivity index (χ2v) is 31.6. The Labute approximate surface area is 382 Å². The minimum absolute atomic E-state index is 0.305. The van der Waals surface area contributed by atoms with E-state index in [1.165, 1.54) is 180 Å². The summed E-state index contributed by atoms with van der Waals surface area (Å²) in [4.78, 5) is 0. The van der Waals surface area contributed by atoms with Gasteiger partial charge in [-0.25, -0.2) is 0 Å². The Kier molecular flexibility index (Phi) is 36.2. The Morgan fingerprint density at radius 1 is 0.333 bits per heavy atom. The molecule has 0 bridgehead atoms.